The van der Waals surface area contributed by atoms with Crippen LogP contribution in [0.2, 0.25) is 0 Å². The first kappa shape index (κ1) is 18.5. The molecule has 2 aromatic rings. The Morgan fingerprint density at radius 2 is 1.71 bits per heavy atom. The molecule has 1 N–H and O–H groups in total. The Morgan fingerprint density at radius 3 is 2.38 bits per heavy atom. The normalized spacial score (nSPS) is 11.7. The van der Waals surface area contributed by atoms with Crippen molar-refractivity contribution >= 4 is 10.0 Å². The van der Waals surface area contributed by atoms with E-state index in [0.29, 0.717) is 12.5 Å². The lowest BCUT2D eigenvalue weighted by molar-refractivity contribution is 0.318. The fourth-order valence-corrected chi connectivity index (χ4v) is 3.53. The molecule has 0 radical (unpaired) electrons. The summed E-state index contributed by atoms with van der Waals surface area (Å²) in [4.78, 5) is 0. The average Bonchev–Trinajstić information content (AvgIpc) is 2.54. The Morgan fingerprint density at radius 1 is 1.04 bits per heavy atom. The van der Waals surface area contributed by atoms with Crippen molar-refractivity contribution in [3.05, 3.63) is 65.2 Å². The van der Waals surface area contributed by atoms with E-state index in [4.69, 9.17) is 4.74 Å². The van der Waals surface area contributed by atoms with Gasteiger partial charge < -0.3 is 4.74 Å². The minimum atomic E-state index is -3.36. The molecule has 0 saturated heterocycles. The quantitative estimate of drug-likeness (QED) is 0.742. The predicted octanol–water partition coefficient (Wildman–Crippen LogP) is 3.62. The van der Waals surface area contributed by atoms with Crippen LogP contribution in [0.5, 0.6) is 5.75 Å². The molecule has 0 aliphatic heterocycles. The van der Waals surface area contributed by atoms with Gasteiger partial charge in [0.25, 0.3) is 0 Å². The zero-order chi connectivity index (χ0) is 17.6. The SMILES string of the molecule is Cc1ccc(CS(=O)(=O)NCCOc2ccccc2C(C)C)cc1. The van der Waals surface area contributed by atoms with Crippen molar-refractivity contribution in [2.24, 2.45) is 0 Å². The second kappa shape index (κ2) is 8.31. The standard InChI is InChI=1S/C19H25NO3S/c1-15(2)18-6-4-5-7-19(18)23-13-12-20-24(21,22)14-17-10-8-16(3)9-11-17/h4-11,15,20H,12-14H2,1-3H3. The highest BCUT2D eigenvalue weighted by atomic mass is 32.2. The fraction of sp³-hybridized carbons (Fsp3) is 0.368. The van der Waals surface area contributed by atoms with E-state index in [2.05, 4.69) is 18.6 Å². The summed E-state index contributed by atoms with van der Waals surface area (Å²) >= 11 is 0. The van der Waals surface area contributed by atoms with E-state index in [1.807, 2.05) is 55.5 Å². The van der Waals surface area contributed by atoms with Crippen molar-refractivity contribution in [1.29, 1.82) is 0 Å². The summed E-state index contributed by atoms with van der Waals surface area (Å²) in [6.07, 6.45) is 0. The summed E-state index contributed by atoms with van der Waals surface area (Å²) in [6.45, 7) is 6.74. The molecule has 0 fully saturated rings. The molecule has 0 heterocycles. The molecule has 0 aromatic heterocycles. The summed E-state index contributed by atoms with van der Waals surface area (Å²) < 4.78 is 32.5. The molecule has 4 nitrogen and oxygen atoms in total. The highest BCUT2D eigenvalue weighted by Gasteiger charge is 2.11. The summed E-state index contributed by atoms with van der Waals surface area (Å²) in [7, 11) is -3.36. The van der Waals surface area contributed by atoms with E-state index in [1.54, 1.807) is 0 Å². The van der Waals surface area contributed by atoms with Gasteiger partial charge in [-0.05, 0) is 30.0 Å². The maximum Gasteiger partial charge on any atom is 0.215 e. The molecule has 0 unspecified atom stereocenters. The Balaban J connectivity index is 1.84. The number of rotatable bonds is 8. The number of sulfonamides is 1. The first-order valence-corrected chi connectivity index (χ1v) is 9.77. The van der Waals surface area contributed by atoms with Crippen LogP contribution in [0, 0.1) is 6.92 Å². The van der Waals surface area contributed by atoms with Crippen LogP contribution in [-0.2, 0) is 15.8 Å². The molecular formula is C19H25NO3S. The van der Waals surface area contributed by atoms with Crippen molar-refractivity contribution in [3.8, 4) is 5.75 Å². The third-order valence-corrected chi connectivity index (χ3v) is 5.06. The number of hydrogen-bond acceptors (Lipinski definition) is 3. The van der Waals surface area contributed by atoms with Crippen LogP contribution in [-0.4, -0.2) is 21.6 Å². The van der Waals surface area contributed by atoms with E-state index < -0.39 is 10.0 Å². The fourth-order valence-electron chi connectivity index (χ4n) is 2.40. The molecule has 0 amide bonds. The molecule has 0 aliphatic rings. The third kappa shape index (κ3) is 5.65. The predicted molar refractivity (Wildman–Crippen MR) is 97.8 cm³/mol. The number of benzene rings is 2. The molecule has 2 rings (SSSR count). The van der Waals surface area contributed by atoms with Gasteiger partial charge in [-0.15, -0.1) is 0 Å². The lowest BCUT2D eigenvalue weighted by Gasteiger charge is -2.14. The van der Waals surface area contributed by atoms with Crippen LogP contribution >= 0.6 is 0 Å². The van der Waals surface area contributed by atoms with Gasteiger partial charge in [0.05, 0.1) is 5.75 Å². The lowest BCUT2D eigenvalue weighted by atomic mass is 10.0. The van der Waals surface area contributed by atoms with Gasteiger partial charge in [-0.25, -0.2) is 13.1 Å². The van der Waals surface area contributed by atoms with Crippen LogP contribution in [0.4, 0.5) is 0 Å². The van der Waals surface area contributed by atoms with Gasteiger partial charge in [-0.1, -0.05) is 61.9 Å². The molecule has 5 heteroatoms. The second-order valence-corrected chi connectivity index (χ2v) is 7.99. The lowest BCUT2D eigenvalue weighted by Crippen LogP contribution is -2.29. The summed E-state index contributed by atoms with van der Waals surface area (Å²) in [5.41, 5.74) is 3.01. The van der Waals surface area contributed by atoms with Crippen molar-refractivity contribution in [3.63, 3.8) is 0 Å². The van der Waals surface area contributed by atoms with Gasteiger partial charge in [-0.3, -0.25) is 0 Å². The zero-order valence-corrected chi connectivity index (χ0v) is 15.3. The Hall–Kier alpha value is -1.85. The average molecular weight is 347 g/mol. The van der Waals surface area contributed by atoms with Crippen LogP contribution in [0.1, 0.15) is 36.5 Å². The molecule has 2 aromatic carbocycles. The Kier molecular flexibility index (Phi) is 6.40. The first-order chi connectivity index (χ1) is 11.4. The first-order valence-electron chi connectivity index (χ1n) is 8.12. The third-order valence-electron chi connectivity index (χ3n) is 3.70. The maximum atomic E-state index is 12.1. The van der Waals surface area contributed by atoms with Crippen molar-refractivity contribution < 1.29 is 13.2 Å². The molecule has 0 saturated carbocycles. The van der Waals surface area contributed by atoms with Gasteiger partial charge in [0.2, 0.25) is 10.0 Å². The van der Waals surface area contributed by atoms with Gasteiger partial charge in [0.1, 0.15) is 12.4 Å². The second-order valence-electron chi connectivity index (χ2n) is 6.18. The minimum absolute atomic E-state index is 0.0180. The van der Waals surface area contributed by atoms with E-state index >= 15 is 0 Å². The number of hydrogen-bond donors (Lipinski definition) is 1. The molecule has 0 bridgehead atoms. The van der Waals surface area contributed by atoms with Crippen LogP contribution in [0.3, 0.4) is 0 Å². The van der Waals surface area contributed by atoms with Gasteiger partial charge in [-0.2, -0.15) is 0 Å². The van der Waals surface area contributed by atoms with Crippen molar-refractivity contribution in [2.45, 2.75) is 32.4 Å². The van der Waals surface area contributed by atoms with E-state index in [9.17, 15) is 8.42 Å². The van der Waals surface area contributed by atoms with Crippen molar-refractivity contribution in [1.82, 2.24) is 4.72 Å². The largest absolute Gasteiger partial charge is 0.492 e. The van der Waals surface area contributed by atoms with Gasteiger partial charge in [0.15, 0.2) is 0 Å². The smallest absolute Gasteiger partial charge is 0.215 e. The molecule has 0 aliphatic carbocycles. The number of ether oxygens (including phenoxy) is 1. The molecule has 0 spiro atoms. The Labute approximate surface area is 144 Å². The number of para-hydroxylation sites is 1. The van der Waals surface area contributed by atoms with Crippen molar-refractivity contribution in [2.75, 3.05) is 13.2 Å². The van der Waals surface area contributed by atoms with Gasteiger partial charge in [0, 0.05) is 6.54 Å². The Bertz CT molecular complexity index is 752. The summed E-state index contributed by atoms with van der Waals surface area (Å²) in [6, 6.07) is 15.3. The molecule has 130 valence electrons. The van der Waals surface area contributed by atoms with E-state index in [-0.39, 0.29) is 12.3 Å². The highest BCUT2D eigenvalue weighted by molar-refractivity contribution is 7.88. The van der Waals surface area contributed by atoms with Crippen LogP contribution in [0.25, 0.3) is 0 Å². The van der Waals surface area contributed by atoms with Crippen LogP contribution < -0.4 is 9.46 Å². The van der Waals surface area contributed by atoms with E-state index in [0.717, 1.165) is 22.4 Å². The minimum Gasteiger partial charge on any atom is -0.492 e. The van der Waals surface area contributed by atoms with E-state index in [1.165, 1.54) is 0 Å². The topological polar surface area (TPSA) is 55.4 Å². The molecule has 0 atom stereocenters. The summed E-state index contributed by atoms with van der Waals surface area (Å²) in [5.74, 6) is 1.15. The number of nitrogens with one attached hydrogen (secondary N) is 1. The molecule has 24 heavy (non-hydrogen) atoms. The molecular weight excluding hydrogens is 322 g/mol. The number of aryl methyl sites for hydroxylation is 1. The maximum absolute atomic E-state index is 12.1. The van der Waals surface area contributed by atoms with Crippen LogP contribution in [0.15, 0.2) is 48.5 Å². The zero-order valence-electron chi connectivity index (χ0n) is 14.5. The monoisotopic (exact) mass is 347 g/mol. The highest BCUT2D eigenvalue weighted by Crippen LogP contribution is 2.25. The summed E-state index contributed by atoms with van der Waals surface area (Å²) in [5, 5.41) is 0. The van der Waals surface area contributed by atoms with Gasteiger partial charge >= 0.3 is 0 Å².